The van der Waals surface area contributed by atoms with Gasteiger partial charge in [0, 0.05) is 50.9 Å². The Morgan fingerprint density at radius 2 is 2.17 bits per heavy atom. The Hall–Kier alpha value is -2.54. The minimum absolute atomic E-state index is 0.0210. The summed E-state index contributed by atoms with van der Waals surface area (Å²) in [6.45, 7) is 4.52. The van der Waals surface area contributed by atoms with Gasteiger partial charge in [-0.3, -0.25) is 4.79 Å². The zero-order valence-corrected chi connectivity index (χ0v) is 17.8. The zero-order chi connectivity index (χ0) is 20.6. The molecule has 1 aliphatic rings. The van der Waals surface area contributed by atoms with E-state index < -0.39 is 0 Å². The van der Waals surface area contributed by atoms with E-state index in [1.54, 1.807) is 19.0 Å². The van der Waals surface area contributed by atoms with E-state index in [1.807, 2.05) is 0 Å². The van der Waals surface area contributed by atoms with E-state index in [1.165, 1.54) is 22.9 Å². The molecule has 1 fully saturated rings. The first kappa shape index (κ1) is 21.2. The predicted octanol–water partition coefficient (Wildman–Crippen LogP) is 2.21. The highest BCUT2D eigenvalue weighted by Crippen LogP contribution is 2.22. The minimum Gasteiger partial charge on any atom is -0.376 e. The smallest absolute Gasteiger partial charge is 0.243 e. The van der Waals surface area contributed by atoms with Crippen LogP contribution in [0.25, 0.3) is 10.9 Å². The second-order valence-corrected chi connectivity index (χ2v) is 7.81. The molecule has 0 bridgehead atoms. The Balaban J connectivity index is 1.58. The molecule has 2 aromatic rings. The number of likely N-dealkylation sites (N-methyl/N-ethyl adjacent to an activating group) is 1. The van der Waals surface area contributed by atoms with Crippen molar-refractivity contribution in [2.24, 2.45) is 4.99 Å². The quantitative estimate of drug-likeness (QED) is 0.493. The summed E-state index contributed by atoms with van der Waals surface area (Å²) in [6.07, 6.45) is 6.55. The van der Waals surface area contributed by atoms with E-state index in [9.17, 15) is 4.79 Å². The molecule has 1 aliphatic heterocycles. The number of aliphatic imine (C=N–C) groups is 1. The molecule has 1 atom stereocenters. The Morgan fingerprint density at radius 3 is 2.93 bits per heavy atom. The molecule has 0 radical (unpaired) electrons. The van der Waals surface area contributed by atoms with Crippen molar-refractivity contribution in [3.05, 3.63) is 35.5 Å². The van der Waals surface area contributed by atoms with Gasteiger partial charge in [-0.15, -0.1) is 0 Å². The van der Waals surface area contributed by atoms with E-state index >= 15 is 0 Å². The van der Waals surface area contributed by atoms with E-state index in [4.69, 9.17) is 4.74 Å². The van der Waals surface area contributed by atoms with Crippen LogP contribution in [0.3, 0.4) is 0 Å². The molecule has 3 rings (SSSR count). The summed E-state index contributed by atoms with van der Waals surface area (Å²) >= 11 is 0. The lowest BCUT2D eigenvalue weighted by atomic mass is 10.1. The summed E-state index contributed by atoms with van der Waals surface area (Å²) in [6, 6.07) is 6.31. The summed E-state index contributed by atoms with van der Waals surface area (Å²) in [5, 5.41) is 8.01. The fourth-order valence-corrected chi connectivity index (χ4v) is 3.61. The molecule has 1 aromatic carbocycles. The number of nitrogens with zero attached hydrogens (tertiary/aromatic N) is 2. The normalized spacial score (nSPS) is 17.3. The number of ether oxygens (including phenoxy) is 1. The number of aromatic amines is 1. The molecule has 1 amide bonds. The van der Waals surface area contributed by atoms with Crippen molar-refractivity contribution in [3.8, 4) is 0 Å². The van der Waals surface area contributed by atoms with Gasteiger partial charge in [-0.25, -0.2) is 4.99 Å². The summed E-state index contributed by atoms with van der Waals surface area (Å²) in [7, 11) is 3.49. The fourth-order valence-electron chi connectivity index (χ4n) is 3.61. The molecule has 1 aromatic heterocycles. The largest absolute Gasteiger partial charge is 0.376 e. The minimum atomic E-state index is -0.0210. The van der Waals surface area contributed by atoms with Crippen LogP contribution in [-0.2, 0) is 16.0 Å². The zero-order valence-electron chi connectivity index (χ0n) is 17.8. The van der Waals surface area contributed by atoms with Crippen molar-refractivity contribution >= 4 is 22.8 Å². The third-order valence-electron chi connectivity index (χ3n) is 5.32. The lowest BCUT2D eigenvalue weighted by Crippen LogP contribution is -2.43. The maximum absolute atomic E-state index is 11.9. The van der Waals surface area contributed by atoms with E-state index in [0.717, 1.165) is 37.9 Å². The number of carbonyl (C=O) groups is 1. The van der Waals surface area contributed by atoms with Crippen molar-refractivity contribution in [1.29, 1.82) is 0 Å². The molecular formula is C22H33N5O2. The van der Waals surface area contributed by atoms with Gasteiger partial charge in [-0.1, -0.05) is 12.1 Å². The monoisotopic (exact) mass is 399 g/mol. The van der Waals surface area contributed by atoms with Crippen LogP contribution >= 0.6 is 0 Å². The predicted molar refractivity (Wildman–Crippen MR) is 117 cm³/mol. The van der Waals surface area contributed by atoms with Gasteiger partial charge >= 0.3 is 0 Å². The molecular weight excluding hydrogens is 366 g/mol. The summed E-state index contributed by atoms with van der Waals surface area (Å²) in [5.74, 6) is 0.637. The average Bonchev–Trinajstić information content (AvgIpc) is 3.14. The number of aromatic nitrogens is 1. The molecule has 2 heterocycles. The van der Waals surface area contributed by atoms with E-state index in [2.05, 4.69) is 51.9 Å². The molecule has 0 saturated carbocycles. The first-order valence-electron chi connectivity index (χ1n) is 10.4. The molecule has 29 heavy (non-hydrogen) atoms. The number of fused-ring (bicyclic) bond motifs is 1. The van der Waals surface area contributed by atoms with Crippen molar-refractivity contribution in [2.75, 3.05) is 40.3 Å². The van der Waals surface area contributed by atoms with Crippen LogP contribution in [0.5, 0.6) is 0 Å². The third-order valence-corrected chi connectivity index (χ3v) is 5.32. The van der Waals surface area contributed by atoms with Crippen LogP contribution in [0.2, 0.25) is 0 Å². The number of hydrogen-bond donors (Lipinski definition) is 3. The number of hydrogen-bond acceptors (Lipinski definition) is 3. The fraction of sp³-hybridized carbons (Fsp3) is 0.545. The molecule has 158 valence electrons. The molecule has 0 aliphatic carbocycles. The molecule has 0 spiro atoms. The van der Waals surface area contributed by atoms with Crippen LogP contribution in [0.1, 0.15) is 30.4 Å². The van der Waals surface area contributed by atoms with Crippen LogP contribution in [-0.4, -0.2) is 68.2 Å². The van der Waals surface area contributed by atoms with Gasteiger partial charge in [-0.05, 0) is 49.8 Å². The maximum Gasteiger partial charge on any atom is 0.243 e. The lowest BCUT2D eigenvalue weighted by molar-refractivity contribution is -0.127. The number of nitrogens with one attached hydrogen (secondary N) is 3. The van der Waals surface area contributed by atoms with Gasteiger partial charge < -0.3 is 25.3 Å². The summed E-state index contributed by atoms with van der Waals surface area (Å²) in [5.41, 5.74) is 3.72. The molecule has 1 unspecified atom stereocenters. The molecule has 3 N–H and O–H groups in total. The van der Waals surface area contributed by atoms with Gasteiger partial charge in [0.2, 0.25) is 5.91 Å². The number of benzene rings is 1. The van der Waals surface area contributed by atoms with Gasteiger partial charge in [0.05, 0.1) is 6.10 Å². The van der Waals surface area contributed by atoms with Crippen molar-refractivity contribution in [1.82, 2.24) is 20.5 Å². The van der Waals surface area contributed by atoms with Crippen molar-refractivity contribution in [3.63, 3.8) is 0 Å². The lowest BCUT2D eigenvalue weighted by Gasteiger charge is -2.24. The highest BCUT2D eigenvalue weighted by molar-refractivity contribution is 5.87. The first-order chi connectivity index (χ1) is 14.0. The second kappa shape index (κ2) is 10.3. The van der Waals surface area contributed by atoms with Gasteiger partial charge in [-0.2, -0.15) is 0 Å². The number of amides is 1. The number of aryl methyl sites for hydroxylation is 1. The summed E-state index contributed by atoms with van der Waals surface area (Å²) < 4.78 is 5.79. The average molecular weight is 400 g/mol. The third kappa shape index (κ3) is 5.97. The van der Waals surface area contributed by atoms with Crippen molar-refractivity contribution in [2.45, 2.75) is 38.7 Å². The van der Waals surface area contributed by atoms with E-state index in [-0.39, 0.29) is 18.6 Å². The Labute approximate surface area is 172 Å². The second-order valence-electron chi connectivity index (χ2n) is 7.81. The molecule has 7 heteroatoms. The van der Waals surface area contributed by atoms with Gasteiger partial charge in [0.15, 0.2) is 5.96 Å². The SMILES string of the molecule is Cc1cccc2[nH]cc(CCNC(=NCC(=O)N(C)C)NCC3CCCCO3)c12. The Kier molecular flexibility index (Phi) is 7.52. The molecule has 1 saturated heterocycles. The maximum atomic E-state index is 11.9. The highest BCUT2D eigenvalue weighted by Gasteiger charge is 2.14. The molecule has 7 nitrogen and oxygen atoms in total. The van der Waals surface area contributed by atoms with Gasteiger partial charge in [0.1, 0.15) is 6.54 Å². The number of guanidine groups is 1. The number of carbonyl (C=O) groups excluding carboxylic acids is 1. The highest BCUT2D eigenvalue weighted by atomic mass is 16.5. The topological polar surface area (TPSA) is 81.8 Å². The first-order valence-corrected chi connectivity index (χ1v) is 10.4. The van der Waals surface area contributed by atoms with Gasteiger partial charge in [0.25, 0.3) is 0 Å². The Morgan fingerprint density at radius 1 is 1.31 bits per heavy atom. The van der Waals surface area contributed by atoms with E-state index in [0.29, 0.717) is 12.5 Å². The number of H-pyrrole nitrogens is 1. The van der Waals surface area contributed by atoms with Crippen LogP contribution < -0.4 is 10.6 Å². The van der Waals surface area contributed by atoms with Crippen LogP contribution in [0.15, 0.2) is 29.4 Å². The standard InChI is InChI=1S/C22H33N5O2/c1-16-7-6-9-19-21(16)17(13-24-19)10-11-23-22(26-15-20(28)27(2)3)25-14-18-8-4-5-12-29-18/h6-7,9,13,18,24H,4-5,8,10-12,14-15H2,1-3H3,(H2,23,25,26). The summed E-state index contributed by atoms with van der Waals surface area (Å²) in [4.78, 5) is 21.3. The van der Waals surface area contributed by atoms with Crippen molar-refractivity contribution < 1.29 is 9.53 Å². The number of rotatable bonds is 7. The van der Waals surface area contributed by atoms with Crippen LogP contribution in [0, 0.1) is 6.92 Å². The van der Waals surface area contributed by atoms with Crippen LogP contribution in [0.4, 0.5) is 0 Å². The Bertz CT molecular complexity index is 837.